The van der Waals surface area contributed by atoms with Crippen molar-refractivity contribution < 1.29 is 23.8 Å². The Labute approximate surface area is 184 Å². The van der Waals surface area contributed by atoms with Crippen LogP contribution in [0.1, 0.15) is 36.3 Å². The summed E-state index contributed by atoms with van der Waals surface area (Å²) in [5.41, 5.74) is 1.49. The maximum Gasteiger partial charge on any atom is 0.295 e. The summed E-state index contributed by atoms with van der Waals surface area (Å²) in [5.74, 6) is -0.347. The minimum atomic E-state index is -0.781. The number of likely N-dealkylation sites (tertiary alicyclic amines) is 1. The number of aliphatic hydroxyl groups excluding tert-OH is 1. The number of fused-ring (bicyclic) bond motifs is 1. The van der Waals surface area contributed by atoms with E-state index in [4.69, 9.17) is 9.15 Å². The van der Waals surface area contributed by atoms with Gasteiger partial charge in [-0.3, -0.25) is 9.59 Å². The summed E-state index contributed by atoms with van der Waals surface area (Å²) < 4.78 is 13.2. The number of imidazole rings is 1. The number of carbonyl (C=O) groups is 2. The fraction of sp³-hybridized carbons (Fsp3) is 0.292. The molecule has 0 radical (unpaired) electrons. The highest BCUT2D eigenvalue weighted by atomic mass is 16.5. The van der Waals surface area contributed by atoms with Crippen molar-refractivity contribution in [2.75, 3.05) is 6.54 Å². The van der Waals surface area contributed by atoms with Crippen molar-refractivity contribution in [3.05, 3.63) is 77.8 Å². The average Bonchev–Trinajstić information content (AvgIpc) is 3.57. The molecule has 3 aromatic rings. The Kier molecular flexibility index (Phi) is 5.05. The number of nitrogens with zero attached hydrogens (tertiary/aromatic N) is 3. The zero-order valence-corrected chi connectivity index (χ0v) is 17.6. The topological polar surface area (TPSA) is 97.8 Å². The first-order chi connectivity index (χ1) is 15.5. The number of amides is 1. The first-order valence-electron chi connectivity index (χ1n) is 10.6. The van der Waals surface area contributed by atoms with E-state index in [1.165, 1.54) is 11.2 Å². The summed E-state index contributed by atoms with van der Waals surface area (Å²) in [7, 11) is 0. The molecule has 4 heterocycles. The lowest BCUT2D eigenvalue weighted by Gasteiger charge is -2.23. The average molecular weight is 433 g/mol. The second-order valence-corrected chi connectivity index (χ2v) is 8.12. The molecule has 164 valence electrons. The Morgan fingerprint density at radius 2 is 2.12 bits per heavy atom. The fourth-order valence-corrected chi connectivity index (χ4v) is 4.42. The second-order valence-electron chi connectivity index (χ2n) is 8.12. The van der Waals surface area contributed by atoms with Gasteiger partial charge in [0.15, 0.2) is 0 Å². The number of hydrogen-bond acceptors (Lipinski definition) is 6. The Morgan fingerprint density at radius 1 is 1.25 bits per heavy atom. The summed E-state index contributed by atoms with van der Waals surface area (Å²) in [6.07, 6.45) is 8.14. The smallest absolute Gasteiger partial charge is 0.295 e. The summed E-state index contributed by atoms with van der Waals surface area (Å²) >= 11 is 0. The molecule has 2 aromatic heterocycles. The summed E-state index contributed by atoms with van der Waals surface area (Å²) in [6.45, 7) is 2.96. The molecule has 5 rings (SSSR count). The number of rotatable bonds is 6. The second kappa shape index (κ2) is 8.03. The van der Waals surface area contributed by atoms with Crippen molar-refractivity contribution in [2.24, 2.45) is 0 Å². The summed E-state index contributed by atoms with van der Waals surface area (Å²) in [6, 6.07) is 7.95. The molecule has 1 saturated heterocycles. The van der Waals surface area contributed by atoms with E-state index >= 15 is 0 Å². The van der Waals surface area contributed by atoms with Gasteiger partial charge in [0.1, 0.15) is 29.4 Å². The highest BCUT2D eigenvalue weighted by Gasteiger charge is 2.47. The predicted molar refractivity (Wildman–Crippen MR) is 115 cm³/mol. The normalized spacial score (nSPS) is 21.7. The SMILES string of the molecule is C[C@@H]1Cc2cc(C(O)=C3C(=O)C(=O)N(CCCn4ccnc4)[C@H]3c3ccco3)ccc2O1. The van der Waals surface area contributed by atoms with Crippen LogP contribution in [-0.2, 0) is 22.6 Å². The van der Waals surface area contributed by atoms with Gasteiger partial charge >= 0.3 is 0 Å². The minimum Gasteiger partial charge on any atom is -0.507 e. The molecule has 2 atom stereocenters. The molecule has 0 bridgehead atoms. The van der Waals surface area contributed by atoms with E-state index in [0.29, 0.717) is 30.8 Å². The van der Waals surface area contributed by atoms with Gasteiger partial charge in [0.25, 0.3) is 11.7 Å². The Balaban J connectivity index is 1.49. The number of benzene rings is 1. The zero-order chi connectivity index (χ0) is 22.2. The lowest BCUT2D eigenvalue weighted by atomic mass is 9.97. The third-order valence-electron chi connectivity index (χ3n) is 5.90. The van der Waals surface area contributed by atoms with Gasteiger partial charge in [-0.25, -0.2) is 4.98 Å². The molecule has 1 amide bonds. The van der Waals surface area contributed by atoms with Crippen LogP contribution < -0.4 is 4.74 Å². The first-order valence-corrected chi connectivity index (χ1v) is 10.6. The number of Topliss-reactive ketones (excluding diaryl/α,β-unsaturated/α-hetero) is 1. The maximum atomic E-state index is 13.0. The lowest BCUT2D eigenvalue weighted by Crippen LogP contribution is -2.31. The third kappa shape index (κ3) is 3.47. The van der Waals surface area contributed by atoms with Crippen LogP contribution in [0, 0.1) is 0 Å². The highest BCUT2D eigenvalue weighted by Crippen LogP contribution is 2.40. The molecular weight excluding hydrogens is 410 g/mol. The molecule has 1 aromatic carbocycles. The molecule has 8 nitrogen and oxygen atoms in total. The maximum absolute atomic E-state index is 13.0. The van der Waals surface area contributed by atoms with Gasteiger partial charge in [0, 0.05) is 37.5 Å². The van der Waals surface area contributed by atoms with E-state index in [2.05, 4.69) is 4.98 Å². The van der Waals surface area contributed by atoms with Crippen LogP contribution in [0.3, 0.4) is 0 Å². The molecular formula is C24H23N3O5. The van der Waals surface area contributed by atoms with Crippen molar-refractivity contribution in [1.82, 2.24) is 14.5 Å². The van der Waals surface area contributed by atoms with E-state index in [-0.39, 0.29) is 17.4 Å². The van der Waals surface area contributed by atoms with Gasteiger partial charge in [-0.1, -0.05) is 0 Å². The van der Waals surface area contributed by atoms with Crippen LogP contribution in [0.2, 0.25) is 0 Å². The standard InChI is InChI=1S/C24H23N3O5/c1-15-12-17-13-16(5-6-18(17)32-15)22(28)20-21(19-4-2-11-31-19)27(24(30)23(20)29)9-3-8-26-10-7-25-14-26/h2,4-7,10-11,13-15,21,28H,3,8-9,12H2,1H3/t15-,21+/m1/s1. The highest BCUT2D eigenvalue weighted by molar-refractivity contribution is 6.46. The van der Waals surface area contributed by atoms with E-state index in [9.17, 15) is 14.7 Å². The van der Waals surface area contributed by atoms with Crippen LogP contribution in [-0.4, -0.2) is 43.9 Å². The number of ketones is 1. The molecule has 1 N–H and O–H groups in total. The minimum absolute atomic E-state index is 0.0412. The molecule has 8 heteroatoms. The number of carbonyl (C=O) groups excluding carboxylic acids is 2. The van der Waals surface area contributed by atoms with Crippen LogP contribution in [0.25, 0.3) is 5.76 Å². The van der Waals surface area contributed by atoms with Gasteiger partial charge in [0.2, 0.25) is 0 Å². The third-order valence-corrected chi connectivity index (χ3v) is 5.90. The first kappa shape index (κ1) is 20.1. The number of furan rings is 1. The molecule has 0 spiro atoms. The molecule has 0 aliphatic carbocycles. The Bertz CT molecular complexity index is 1180. The number of ether oxygens (including phenoxy) is 1. The molecule has 32 heavy (non-hydrogen) atoms. The van der Waals surface area contributed by atoms with Crippen molar-refractivity contribution in [1.29, 1.82) is 0 Å². The largest absolute Gasteiger partial charge is 0.507 e. The molecule has 0 unspecified atom stereocenters. The van der Waals surface area contributed by atoms with Gasteiger partial charge in [-0.2, -0.15) is 0 Å². The van der Waals surface area contributed by atoms with Crippen LogP contribution in [0.5, 0.6) is 5.75 Å². The van der Waals surface area contributed by atoms with E-state index < -0.39 is 17.7 Å². The Morgan fingerprint density at radius 3 is 2.88 bits per heavy atom. The summed E-state index contributed by atoms with van der Waals surface area (Å²) in [4.78, 5) is 31.4. The number of aryl methyl sites for hydroxylation is 1. The number of aromatic nitrogens is 2. The van der Waals surface area contributed by atoms with E-state index in [1.807, 2.05) is 23.8 Å². The van der Waals surface area contributed by atoms with Gasteiger partial charge < -0.3 is 23.7 Å². The van der Waals surface area contributed by atoms with Crippen LogP contribution in [0.4, 0.5) is 0 Å². The summed E-state index contributed by atoms with van der Waals surface area (Å²) in [5, 5.41) is 11.2. The predicted octanol–water partition coefficient (Wildman–Crippen LogP) is 3.31. The number of aliphatic hydroxyl groups is 1. The molecule has 1 fully saturated rings. The van der Waals surface area contributed by atoms with Gasteiger partial charge in [-0.15, -0.1) is 0 Å². The van der Waals surface area contributed by atoms with Gasteiger partial charge in [0.05, 0.1) is 18.2 Å². The van der Waals surface area contributed by atoms with Gasteiger partial charge in [-0.05, 0) is 49.2 Å². The van der Waals surface area contributed by atoms with Crippen LogP contribution >= 0.6 is 0 Å². The monoisotopic (exact) mass is 433 g/mol. The Hall–Kier alpha value is -3.81. The van der Waals surface area contributed by atoms with E-state index in [1.54, 1.807) is 36.8 Å². The fourth-order valence-electron chi connectivity index (χ4n) is 4.42. The van der Waals surface area contributed by atoms with Crippen LogP contribution in [0.15, 0.2) is 65.3 Å². The quantitative estimate of drug-likeness (QED) is 0.364. The van der Waals surface area contributed by atoms with Crippen molar-refractivity contribution in [2.45, 2.75) is 38.5 Å². The van der Waals surface area contributed by atoms with Crippen molar-refractivity contribution in [3.63, 3.8) is 0 Å². The molecule has 0 saturated carbocycles. The molecule has 2 aliphatic rings. The van der Waals surface area contributed by atoms with Crippen molar-refractivity contribution >= 4 is 17.4 Å². The number of hydrogen-bond donors (Lipinski definition) is 1. The molecule has 2 aliphatic heterocycles. The zero-order valence-electron chi connectivity index (χ0n) is 17.6. The van der Waals surface area contributed by atoms with E-state index in [0.717, 1.165) is 17.7 Å². The van der Waals surface area contributed by atoms with Crippen molar-refractivity contribution in [3.8, 4) is 5.75 Å². The lowest BCUT2D eigenvalue weighted by molar-refractivity contribution is -0.140.